The number of guanidine groups is 1. The van der Waals surface area contributed by atoms with Crippen LogP contribution < -0.4 is 15.1 Å². The maximum atomic E-state index is 14.5. The number of amides is 1. The first-order chi connectivity index (χ1) is 18.0. The number of fused-ring (bicyclic) bond motifs is 1. The van der Waals surface area contributed by atoms with Gasteiger partial charge in [-0.25, -0.2) is 9.38 Å². The van der Waals surface area contributed by atoms with Gasteiger partial charge in [-0.05, 0) is 77.5 Å². The van der Waals surface area contributed by atoms with Crippen molar-refractivity contribution in [2.24, 2.45) is 10.9 Å². The van der Waals surface area contributed by atoms with Crippen LogP contribution in [-0.2, 0) is 16.0 Å². The van der Waals surface area contributed by atoms with Crippen LogP contribution in [0.25, 0.3) is 0 Å². The molecule has 2 heterocycles. The number of nitrogens with one attached hydrogen (secondary N) is 1. The maximum absolute atomic E-state index is 14.5. The number of hydrogen-bond acceptors (Lipinski definition) is 6. The van der Waals surface area contributed by atoms with Crippen molar-refractivity contribution in [2.45, 2.75) is 57.4 Å². The van der Waals surface area contributed by atoms with Crippen molar-refractivity contribution < 1.29 is 18.7 Å². The zero-order chi connectivity index (χ0) is 25.9. The predicted octanol–water partition coefficient (Wildman–Crippen LogP) is 5.47. The second-order valence-electron chi connectivity index (χ2n) is 9.98. The summed E-state index contributed by atoms with van der Waals surface area (Å²) in [4.78, 5) is 22.5. The predicted molar refractivity (Wildman–Crippen MR) is 147 cm³/mol. The minimum atomic E-state index is -0.563. The fourth-order valence-electron chi connectivity index (χ4n) is 5.90. The lowest BCUT2D eigenvalue weighted by Gasteiger charge is -2.38. The molecule has 0 bridgehead atoms. The van der Waals surface area contributed by atoms with E-state index in [1.807, 2.05) is 0 Å². The van der Waals surface area contributed by atoms with Gasteiger partial charge in [0.05, 0.1) is 12.1 Å². The number of aliphatic imine (C=N–C) groups is 1. The number of carbonyl (C=O) groups is 1. The van der Waals surface area contributed by atoms with Crippen molar-refractivity contribution >= 4 is 39.2 Å². The van der Waals surface area contributed by atoms with Gasteiger partial charge in [0.15, 0.2) is 6.29 Å². The number of piperidine rings is 1. The molecule has 0 unspecified atom stereocenters. The average Bonchev–Trinajstić information content (AvgIpc) is 3.44. The first-order valence-corrected chi connectivity index (χ1v) is 13.8. The largest absolute Gasteiger partial charge is 0.371 e. The fourth-order valence-corrected chi connectivity index (χ4v) is 6.42. The minimum absolute atomic E-state index is 0.00898. The molecule has 2 aromatic carbocycles. The van der Waals surface area contributed by atoms with Crippen LogP contribution in [0.1, 0.15) is 54.4 Å². The Hall–Kier alpha value is -2.49. The molecule has 0 atom stereocenters. The smallest absolute Gasteiger partial charge is 0.262 e. The third-order valence-electron chi connectivity index (χ3n) is 7.81. The average molecular weight is 574 g/mol. The molecule has 1 saturated carbocycles. The van der Waals surface area contributed by atoms with Gasteiger partial charge in [-0.2, -0.15) is 0 Å². The Kier molecular flexibility index (Phi) is 8.12. The Balaban J connectivity index is 1.36. The summed E-state index contributed by atoms with van der Waals surface area (Å²) < 4.78 is 25.8. The van der Waals surface area contributed by atoms with Gasteiger partial charge in [-0.3, -0.25) is 10.1 Å². The number of nitrogens with zero attached hydrogens (tertiary/aromatic N) is 3. The van der Waals surface area contributed by atoms with E-state index in [2.05, 4.69) is 49.2 Å². The Morgan fingerprint density at radius 1 is 1.11 bits per heavy atom. The lowest BCUT2D eigenvalue weighted by molar-refractivity contribution is -0.141. The van der Waals surface area contributed by atoms with Gasteiger partial charge in [0.1, 0.15) is 5.82 Å². The molecule has 1 amide bonds. The lowest BCUT2D eigenvalue weighted by atomic mass is 9.95. The normalized spacial score (nSPS) is 18.8. The molecule has 7 nitrogen and oxygen atoms in total. The Morgan fingerprint density at radius 3 is 2.51 bits per heavy atom. The molecule has 2 aliphatic heterocycles. The SMILES string of the molecule is COC(OC)C1CCN(c2ccc3c(c2)CN=C(NC(=O)c2c(F)cccc2Br)N3C2CCCC2)CC1. The first-order valence-electron chi connectivity index (χ1n) is 13.0. The van der Waals surface area contributed by atoms with Crippen molar-refractivity contribution in [3.05, 3.63) is 57.8 Å². The summed E-state index contributed by atoms with van der Waals surface area (Å²) in [6.45, 7) is 2.36. The zero-order valence-electron chi connectivity index (χ0n) is 21.4. The Labute approximate surface area is 226 Å². The van der Waals surface area contributed by atoms with Gasteiger partial charge in [-0.15, -0.1) is 0 Å². The molecular formula is C28H34BrFN4O3. The van der Waals surface area contributed by atoms with Gasteiger partial charge in [0.2, 0.25) is 5.96 Å². The number of rotatable bonds is 6. The summed E-state index contributed by atoms with van der Waals surface area (Å²) >= 11 is 3.31. The number of hydrogen-bond donors (Lipinski definition) is 1. The number of ether oxygens (including phenoxy) is 2. The van der Waals surface area contributed by atoms with Gasteiger partial charge < -0.3 is 19.3 Å². The Bertz CT molecular complexity index is 1140. The molecule has 5 rings (SSSR count). The molecule has 1 saturated heterocycles. The van der Waals surface area contributed by atoms with E-state index in [0.29, 0.717) is 22.9 Å². The van der Waals surface area contributed by atoms with Gasteiger partial charge in [0, 0.05) is 55.1 Å². The van der Waals surface area contributed by atoms with E-state index in [1.54, 1.807) is 26.4 Å². The number of anilines is 2. The standard InChI is InChI=1S/C28H34BrFN4O3/c1-36-27(37-2)18-12-14-33(15-13-18)21-10-11-24-19(16-21)17-31-28(34(24)20-6-3-4-7-20)32-26(35)25-22(29)8-5-9-23(25)30/h5,8-11,16,18,20,27H,3-4,6-7,12-15,17H2,1-2H3,(H,31,32,35). The van der Waals surface area contributed by atoms with Crippen LogP contribution in [0.4, 0.5) is 15.8 Å². The number of benzene rings is 2. The van der Waals surface area contributed by atoms with E-state index in [0.717, 1.165) is 62.9 Å². The monoisotopic (exact) mass is 572 g/mol. The highest BCUT2D eigenvalue weighted by molar-refractivity contribution is 9.10. The van der Waals surface area contributed by atoms with E-state index in [4.69, 9.17) is 14.5 Å². The van der Waals surface area contributed by atoms with Crippen molar-refractivity contribution in [1.29, 1.82) is 0 Å². The highest BCUT2D eigenvalue weighted by Gasteiger charge is 2.33. The molecule has 9 heteroatoms. The summed E-state index contributed by atoms with van der Waals surface area (Å²) in [6, 6.07) is 11.3. The Morgan fingerprint density at radius 2 is 1.84 bits per heavy atom. The van der Waals surface area contributed by atoms with Crippen LogP contribution >= 0.6 is 15.9 Å². The van der Waals surface area contributed by atoms with Crippen LogP contribution in [0.15, 0.2) is 45.9 Å². The van der Waals surface area contributed by atoms with E-state index in [1.165, 1.54) is 11.8 Å². The summed E-state index contributed by atoms with van der Waals surface area (Å²) in [6.07, 6.45) is 6.23. The third-order valence-corrected chi connectivity index (χ3v) is 8.47. The van der Waals surface area contributed by atoms with E-state index < -0.39 is 11.7 Å². The number of carbonyl (C=O) groups excluding carboxylic acids is 1. The molecule has 2 aromatic rings. The fraction of sp³-hybridized carbons (Fsp3) is 0.500. The lowest BCUT2D eigenvalue weighted by Crippen LogP contribution is -2.50. The molecular weight excluding hydrogens is 539 g/mol. The molecule has 3 aliphatic rings. The van der Waals surface area contributed by atoms with E-state index in [-0.39, 0.29) is 17.9 Å². The molecule has 37 heavy (non-hydrogen) atoms. The minimum Gasteiger partial charge on any atom is -0.371 e. The van der Waals surface area contributed by atoms with Crippen molar-refractivity contribution in [2.75, 3.05) is 37.1 Å². The second-order valence-corrected chi connectivity index (χ2v) is 10.8. The molecule has 198 valence electrons. The summed E-state index contributed by atoms with van der Waals surface area (Å²) in [5.41, 5.74) is 3.39. The topological polar surface area (TPSA) is 66.4 Å². The van der Waals surface area contributed by atoms with Crippen molar-refractivity contribution in [3.63, 3.8) is 0 Å². The third kappa shape index (κ3) is 5.40. The summed E-state index contributed by atoms with van der Waals surface area (Å²) in [7, 11) is 3.40. The maximum Gasteiger partial charge on any atom is 0.262 e. The van der Waals surface area contributed by atoms with E-state index >= 15 is 0 Å². The van der Waals surface area contributed by atoms with Gasteiger partial charge >= 0.3 is 0 Å². The number of methoxy groups -OCH3 is 2. The molecule has 0 radical (unpaired) electrons. The second kappa shape index (κ2) is 11.5. The molecule has 2 fully saturated rings. The van der Waals surface area contributed by atoms with Crippen LogP contribution in [0.5, 0.6) is 0 Å². The number of halogens is 2. The summed E-state index contributed by atoms with van der Waals surface area (Å²) in [5, 5.41) is 2.92. The van der Waals surface area contributed by atoms with Crippen LogP contribution in [0, 0.1) is 11.7 Å². The first kappa shape index (κ1) is 26.1. The van der Waals surface area contributed by atoms with Crippen LogP contribution in [0.2, 0.25) is 0 Å². The molecule has 0 spiro atoms. The van der Waals surface area contributed by atoms with Crippen LogP contribution in [-0.4, -0.2) is 51.5 Å². The van der Waals surface area contributed by atoms with Gasteiger partial charge in [0.25, 0.3) is 5.91 Å². The van der Waals surface area contributed by atoms with E-state index in [9.17, 15) is 9.18 Å². The summed E-state index contributed by atoms with van der Waals surface area (Å²) in [5.74, 6) is -0.169. The molecule has 0 aromatic heterocycles. The van der Waals surface area contributed by atoms with Crippen LogP contribution in [0.3, 0.4) is 0 Å². The zero-order valence-corrected chi connectivity index (χ0v) is 23.0. The highest BCUT2D eigenvalue weighted by atomic mass is 79.9. The van der Waals surface area contributed by atoms with Crippen molar-refractivity contribution in [3.8, 4) is 0 Å². The molecule has 1 N–H and O–H groups in total. The quantitative estimate of drug-likeness (QED) is 0.465. The van der Waals surface area contributed by atoms with Gasteiger partial charge in [-0.1, -0.05) is 18.9 Å². The van der Waals surface area contributed by atoms with Crippen molar-refractivity contribution in [1.82, 2.24) is 5.32 Å². The molecule has 1 aliphatic carbocycles. The highest BCUT2D eigenvalue weighted by Crippen LogP contribution is 2.37.